The highest BCUT2D eigenvalue weighted by Gasteiger charge is 2.05. The van der Waals surface area contributed by atoms with Gasteiger partial charge in [-0.05, 0) is 37.1 Å². The lowest BCUT2D eigenvalue weighted by Crippen LogP contribution is -2.21. The van der Waals surface area contributed by atoms with Gasteiger partial charge in [0, 0.05) is 23.7 Å². The van der Waals surface area contributed by atoms with Gasteiger partial charge in [-0.3, -0.25) is 0 Å². The summed E-state index contributed by atoms with van der Waals surface area (Å²) in [4.78, 5) is 5.85. The Labute approximate surface area is 126 Å². The van der Waals surface area contributed by atoms with Crippen LogP contribution in [0.15, 0.2) is 46.5 Å². The highest BCUT2D eigenvalue weighted by atomic mass is 32.2. The Kier molecular flexibility index (Phi) is 5.21. The van der Waals surface area contributed by atoms with Gasteiger partial charge in [-0.2, -0.15) is 0 Å². The Hall–Kier alpha value is -1.32. The minimum atomic E-state index is 0.497. The molecule has 2 rings (SSSR count). The fourth-order valence-electron chi connectivity index (χ4n) is 1.94. The first kappa shape index (κ1) is 15.1. The molecule has 0 aliphatic carbocycles. The molecule has 0 fully saturated rings. The van der Waals surface area contributed by atoms with Crippen molar-refractivity contribution in [1.29, 1.82) is 0 Å². The zero-order chi connectivity index (χ0) is 14.5. The number of nitrogens with one attached hydrogen (secondary N) is 1. The van der Waals surface area contributed by atoms with Crippen molar-refractivity contribution in [3.8, 4) is 0 Å². The van der Waals surface area contributed by atoms with Gasteiger partial charge in [-0.1, -0.05) is 49.4 Å². The smallest absolute Gasteiger partial charge is 0.104 e. The summed E-state index contributed by atoms with van der Waals surface area (Å²) in [6, 6.07) is 11.3. The maximum atomic E-state index is 4.60. The van der Waals surface area contributed by atoms with Crippen LogP contribution in [0.4, 0.5) is 0 Å². The van der Waals surface area contributed by atoms with Gasteiger partial charge in [-0.15, -0.1) is 0 Å². The molecule has 0 saturated heterocycles. The minimum Gasteiger partial charge on any atom is -0.310 e. The summed E-state index contributed by atoms with van der Waals surface area (Å²) < 4.78 is 0. The lowest BCUT2D eigenvalue weighted by Gasteiger charge is -2.10. The summed E-state index contributed by atoms with van der Waals surface area (Å²) in [5.74, 6) is 0. The molecule has 1 heterocycles. The Morgan fingerprint density at radius 1 is 1.20 bits per heavy atom. The lowest BCUT2D eigenvalue weighted by atomic mass is 10.2. The molecule has 3 heteroatoms. The number of rotatable bonds is 5. The van der Waals surface area contributed by atoms with Crippen molar-refractivity contribution in [1.82, 2.24) is 10.3 Å². The van der Waals surface area contributed by atoms with Gasteiger partial charge in [0.1, 0.15) is 5.03 Å². The molecule has 20 heavy (non-hydrogen) atoms. The Morgan fingerprint density at radius 2 is 2.00 bits per heavy atom. The SMILES string of the molecule is Cc1cccc(Sc2ncc(CNC(C)C)cc2C)c1. The molecule has 0 radical (unpaired) electrons. The summed E-state index contributed by atoms with van der Waals surface area (Å²) in [7, 11) is 0. The largest absolute Gasteiger partial charge is 0.310 e. The minimum absolute atomic E-state index is 0.497. The van der Waals surface area contributed by atoms with Gasteiger partial charge in [0.15, 0.2) is 0 Å². The normalized spacial score (nSPS) is 11.1. The summed E-state index contributed by atoms with van der Waals surface area (Å²) in [5.41, 5.74) is 3.76. The standard InChI is InChI=1S/C17H22N2S/c1-12(2)18-10-15-9-14(4)17(19-11-15)20-16-7-5-6-13(3)8-16/h5-9,11-12,18H,10H2,1-4H3. The molecule has 0 amide bonds. The molecule has 1 N–H and O–H groups in total. The number of benzene rings is 1. The van der Waals surface area contributed by atoms with E-state index >= 15 is 0 Å². The van der Waals surface area contributed by atoms with Crippen LogP contribution < -0.4 is 5.32 Å². The molecule has 2 aromatic rings. The van der Waals surface area contributed by atoms with E-state index in [9.17, 15) is 0 Å². The van der Waals surface area contributed by atoms with Gasteiger partial charge in [-0.25, -0.2) is 4.98 Å². The van der Waals surface area contributed by atoms with E-state index in [0.717, 1.165) is 11.6 Å². The monoisotopic (exact) mass is 286 g/mol. The Balaban J connectivity index is 2.09. The third-order valence-electron chi connectivity index (χ3n) is 3.01. The van der Waals surface area contributed by atoms with Crippen molar-refractivity contribution >= 4 is 11.8 Å². The second kappa shape index (κ2) is 6.91. The van der Waals surface area contributed by atoms with Gasteiger partial charge >= 0.3 is 0 Å². The van der Waals surface area contributed by atoms with Crippen LogP contribution in [0.2, 0.25) is 0 Å². The van der Waals surface area contributed by atoms with Crippen LogP contribution in [-0.2, 0) is 6.54 Å². The highest BCUT2D eigenvalue weighted by molar-refractivity contribution is 7.99. The number of aryl methyl sites for hydroxylation is 2. The van der Waals surface area contributed by atoms with Crippen LogP contribution in [0.3, 0.4) is 0 Å². The first-order valence-electron chi connectivity index (χ1n) is 6.98. The highest BCUT2D eigenvalue weighted by Crippen LogP contribution is 2.29. The molecule has 0 spiro atoms. The van der Waals surface area contributed by atoms with Crippen LogP contribution in [-0.4, -0.2) is 11.0 Å². The molecular weight excluding hydrogens is 264 g/mol. The fourth-order valence-corrected chi connectivity index (χ4v) is 2.88. The topological polar surface area (TPSA) is 24.9 Å². The zero-order valence-corrected chi connectivity index (χ0v) is 13.4. The second-order valence-corrected chi connectivity index (χ2v) is 6.48. The summed E-state index contributed by atoms with van der Waals surface area (Å²) in [5, 5.41) is 4.51. The molecule has 1 aromatic heterocycles. The Bertz CT molecular complexity index is 579. The second-order valence-electron chi connectivity index (χ2n) is 5.42. The van der Waals surface area contributed by atoms with Crippen LogP contribution in [0.1, 0.15) is 30.5 Å². The molecule has 1 aromatic carbocycles. The van der Waals surface area contributed by atoms with E-state index in [4.69, 9.17) is 0 Å². The molecule has 0 unspecified atom stereocenters. The van der Waals surface area contributed by atoms with Gasteiger partial charge in [0.05, 0.1) is 0 Å². The average Bonchev–Trinajstić information content (AvgIpc) is 2.39. The molecule has 0 bridgehead atoms. The van der Waals surface area contributed by atoms with Crippen molar-refractivity contribution in [3.63, 3.8) is 0 Å². The van der Waals surface area contributed by atoms with E-state index in [1.165, 1.54) is 21.6 Å². The zero-order valence-electron chi connectivity index (χ0n) is 12.6. The van der Waals surface area contributed by atoms with E-state index in [0.29, 0.717) is 6.04 Å². The summed E-state index contributed by atoms with van der Waals surface area (Å²) in [6.07, 6.45) is 1.97. The molecular formula is C17H22N2S. The quantitative estimate of drug-likeness (QED) is 0.884. The van der Waals surface area contributed by atoms with Crippen molar-refractivity contribution < 1.29 is 0 Å². The average molecular weight is 286 g/mol. The fraction of sp³-hybridized carbons (Fsp3) is 0.353. The van der Waals surface area contributed by atoms with Gasteiger partial charge in [0.2, 0.25) is 0 Å². The predicted octanol–water partition coefficient (Wildman–Crippen LogP) is 4.35. The maximum Gasteiger partial charge on any atom is 0.104 e. The molecule has 106 valence electrons. The third-order valence-corrected chi connectivity index (χ3v) is 4.12. The number of aromatic nitrogens is 1. The summed E-state index contributed by atoms with van der Waals surface area (Å²) >= 11 is 1.73. The van der Waals surface area contributed by atoms with Crippen molar-refractivity contribution in [2.45, 2.75) is 50.2 Å². The van der Waals surface area contributed by atoms with Crippen molar-refractivity contribution in [2.75, 3.05) is 0 Å². The molecule has 0 aliphatic rings. The molecule has 0 atom stereocenters. The van der Waals surface area contributed by atoms with Crippen LogP contribution in [0.25, 0.3) is 0 Å². The Morgan fingerprint density at radius 3 is 2.65 bits per heavy atom. The number of hydrogen-bond donors (Lipinski definition) is 1. The van der Waals surface area contributed by atoms with E-state index in [1.807, 2.05) is 6.20 Å². The van der Waals surface area contributed by atoms with Gasteiger partial charge < -0.3 is 5.32 Å². The van der Waals surface area contributed by atoms with Crippen molar-refractivity contribution in [2.24, 2.45) is 0 Å². The van der Waals surface area contributed by atoms with Crippen molar-refractivity contribution in [3.05, 3.63) is 53.2 Å². The maximum absolute atomic E-state index is 4.60. The number of hydrogen-bond acceptors (Lipinski definition) is 3. The molecule has 2 nitrogen and oxygen atoms in total. The molecule has 0 aliphatic heterocycles. The van der Waals surface area contributed by atoms with Crippen LogP contribution in [0.5, 0.6) is 0 Å². The van der Waals surface area contributed by atoms with Gasteiger partial charge in [0.25, 0.3) is 0 Å². The lowest BCUT2D eigenvalue weighted by molar-refractivity contribution is 0.587. The van der Waals surface area contributed by atoms with E-state index in [-0.39, 0.29) is 0 Å². The third kappa shape index (κ3) is 4.36. The van der Waals surface area contributed by atoms with E-state index < -0.39 is 0 Å². The summed E-state index contributed by atoms with van der Waals surface area (Å²) in [6.45, 7) is 9.43. The first-order valence-corrected chi connectivity index (χ1v) is 7.79. The van der Waals surface area contributed by atoms with E-state index in [1.54, 1.807) is 11.8 Å². The van der Waals surface area contributed by atoms with Crippen LogP contribution in [0, 0.1) is 13.8 Å². The predicted molar refractivity (Wildman–Crippen MR) is 86.3 cm³/mol. The first-order chi connectivity index (χ1) is 9.54. The number of nitrogens with zero attached hydrogens (tertiary/aromatic N) is 1. The number of pyridine rings is 1. The van der Waals surface area contributed by atoms with E-state index in [2.05, 4.69) is 68.3 Å². The molecule has 0 saturated carbocycles. The van der Waals surface area contributed by atoms with Crippen LogP contribution >= 0.6 is 11.8 Å².